The summed E-state index contributed by atoms with van der Waals surface area (Å²) >= 11 is 3.73. The van der Waals surface area contributed by atoms with Crippen molar-refractivity contribution in [3.05, 3.63) is 24.3 Å². The van der Waals surface area contributed by atoms with Gasteiger partial charge in [0.25, 0.3) is 5.22 Å². The van der Waals surface area contributed by atoms with Gasteiger partial charge in [0, 0.05) is 0 Å². The number of nitrogens with zero attached hydrogens (tertiary/aromatic N) is 4. The van der Waals surface area contributed by atoms with Crippen molar-refractivity contribution in [1.82, 2.24) is 15.2 Å². The molecule has 10 heteroatoms. The molecule has 3 aromatic rings. The minimum atomic E-state index is -0.217. The second kappa shape index (κ2) is 7.45. The van der Waals surface area contributed by atoms with Gasteiger partial charge < -0.3 is 4.42 Å². The van der Waals surface area contributed by atoms with Crippen LogP contribution in [0.15, 0.2) is 38.2 Å². The largest absolute Gasteiger partial charge is 0.431 e. The van der Waals surface area contributed by atoms with Crippen LogP contribution in [0.3, 0.4) is 0 Å². The maximum atomic E-state index is 11.9. The number of benzene rings is 1. The van der Waals surface area contributed by atoms with Crippen molar-refractivity contribution in [3.8, 4) is 6.07 Å². The van der Waals surface area contributed by atoms with Gasteiger partial charge in [-0.2, -0.15) is 5.26 Å². The highest BCUT2D eigenvalue weighted by Gasteiger charge is 2.11. The van der Waals surface area contributed by atoms with Gasteiger partial charge in [0.1, 0.15) is 5.52 Å². The van der Waals surface area contributed by atoms with E-state index in [-0.39, 0.29) is 11.7 Å². The molecule has 0 radical (unpaired) electrons. The molecule has 1 amide bonds. The van der Waals surface area contributed by atoms with E-state index >= 15 is 0 Å². The number of oxazole rings is 1. The quantitative estimate of drug-likeness (QED) is 0.526. The lowest BCUT2D eigenvalue weighted by molar-refractivity contribution is -0.113. The Morgan fingerprint density at radius 2 is 2.22 bits per heavy atom. The minimum absolute atomic E-state index is 0.160. The molecule has 0 atom stereocenters. The Morgan fingerprint density at radius 1 is 1.35 bits per heavy atom. The van der Waals surface area contributed by atoms with Crippen molar-refractivity contribution in [1.29, 1.82) is 5.26 Å². The highest BCUT2D eigenvalue weighted by molar-refractivity contribution is 8.01. The molecule has 3 rings (SSSR count). The predicted molar refractivity (Wildman–Crippen MR) is 89.6 cm³/mol. The fraction of sp³-hybridized carbons (Fsp3) is 0.154. The summed E-state index contributed by atoms with van der Waals surface area (Å²) in [6, 6.07) is 9.43. The number of carbonyl (C=O) groups is 1. The lowest BCUT2D eigenvalue weighted by Crippen LogP contribution is -2.13. The molecule has 0 spiro atoms. The van der Waals surface area contributed by atoms with Crippen LogP contribution in [-0.2, 0) is 4.79 Å². The van der Waals surface area contributed by atoms with E-state index in [2.05, 4.69) is 20.5 Å². The van der Waals surface area contributed by atoms with E-state index in [0.29, 0.717) is 26.0 Å². The number of para-hydroxylation sites is 2. The number of thioether (sulfide) groups is 2. The van der Waals surface area contributed by atoms with E-state index in [1.165, 1.54) is 34.9 Å². The van der Waals surface area contributed by atoms with Gasteiger partial charge in [0.15, 0.2) is 9.92 Å². The van der Waals surface area contributed by atoms with Crippen molar-refractivity contribution >= 4 is 57.0 Å². The molecule has 1 aromatic carbocycles. The smallest absolute Gasteiger partial charge is 0.257 e. The van der Waals surface area contributed by atoms with Gasteiger partial charge in [-0.25, -0.2) is 4.98 Å². The van der Waals surface area contributed by atoms with Gasteiger partial charge in [-0.05, 0) is 12.1 Å². The van der Waals surface area contributed by atoms with E-state index in [9.17, 15) is 4.79 Å². The lowest BCUT2D eigenvalue weighted by atomic mass is 10.3. The molecule has 0 fully saturated rings. The van der Waals surface area contributed by atoms with E-state index in [1.54, 1.807) is 0 Å². The highest BCUT2D eigenvalue weighted by Crippen LogP contribution is 2.26. The van der Waals surface area contributed by atoms with E-state index in [4.69, 9.17) is 9.68 Å². The zero-order valence-electron chi connectivity index (χ0n) is 11.6. The lowest BCUT2D eigenvalue weighted by Gasteiger charge is -1.98. The third kappa shape index (κ3) is 4.22. The number of anilines is 1. The SMILES string of the molecule is N#CCSc1nnc(NC(=O)CSc2nc3ccccc3o2)s1. The molecule has 0 saturated heterocycles. The summed E-state index contributed by atoms with van der Waals surface area (Å²) in [6.07, 6.45) is 0. The van der Waals surface area contributed by atoms with Crippen LogP contribution in [0, 0.1) is 11.3 Å². The van der Waals surface area contributed by atoms with Crippen molar-refractivity contribution < 1.29 is 9.21 Å². The number of amides is 1. The van der Waals surface area contributed by atoms with Gasteiger partial charge in [-0.3, -0.25) is 10.1 Å². The van der Waals surface area contributed by atoms with Crippen LogP contribution < -0.4 is 5.32 Å². The molecule has 0 aliphatic carbocycles. The van der Waals surface area contributed by atoms with Crippen molar-refractivity contribution in [3.63, 3.8) is 0 Å². The van der Waals surface area contributed by atoms with Gasteiger partial charge in [0.2, 0.25) is 11.0 Å². The predicted octanol–water partition coefficient (Wildman–Crippen LogP) is 3.03. The molecule has 0 saturated carbocycles. The zero-order chi connectivity index (χ0) is 16.1. The Labute approximate surface area is 143 Å². The Hall–Kier alpha value is -2.09. The first-order valence-electron chi connectivity index (χ1n) is 6.36. The maximum Gasteiger partial charge on any atom is 0.257 e. The van der Waals surface area contributed by atoms with Crippen LogP contribution in [-0.4, -0.2) is 32.6 Å². The first kappa shape index (κ1) is 15.8. The number of nitrogens with one attached hydrogen (secondary N) is 1. The molecule has 23 heavy (non-hydrogen) atoms. The third-order valence-corrected chi connectivity index (χ3v) is 5.18. The maximum absolute atomic E-state index is 11.9. The molecule has 0 aliphatic heterocycles. The summed E-state index contributed by atoms with van der Waals surface area (Å²) in [5.41, 5.74) is 1.46. The summed E-state index contributed by atoms with van der Waals surface area (Å²) in [4.78, 5) is 16.2. The number of nitriles is 1. The Kier molecular flexibility index (Phi) is 5.12. The van der Waals surface area contributed by atoms with Crippen LogP contribution >= 0.6 is 34.9 Å². The van der Waals surface area contributed by atoms with Gasteiger partial charge in [0.05, 0.1) is 17.6 Å². The summed E-state index contributed by atoms with van der Waals surface area (Å²) < 4.78 is 6.18. The van der Waals surface area contributed by atoms with Crippen molar-refractivity contribution in [2.24, 2.45) is 0 Å². The fourth-order valence-electron chi connectivity index (χ4n) is 1.61. The summed E-state index contributed by atoms with van der Waals surface area (Å²) in [6.45, 7) is 0. The van der Waals surface area contributed by atoms with Gasteiger partial charge >= 0.3 is 0 Å². The zero-order valence-corrected chi connectivity index (χ0v) is 14.0. The number of hydrogen-bond acceptors (Lipinski definition) is 9. The van der Waals surface area contributed by atoms with Gasteiger partial charge in [-0.15, -0.1) is 10.2 Å². The molecule has 7 nitrogen and oxygen atoms in total. The molecular weight excluding hydrogens is 354 g/mol. The third-order valence-electron chi connectivity index (χ3n) is 2.51. The number of rotatable bonds is 6. The number of aromatic nitrogens is 3. The molecule has 1 N–H and O–H groups in total. The summed E-state index contributed by atoms with van der Waals surface area (Å²) in [7, 11) is 0. The van der Waals surface area contributed by atoms with Gasteiger partial charge in [-0.1, -0.05) is 47.0 Å². The molecule has 2 heterocycles. The molecule has 0 unspecified atom stereocenters. The number of carbonyl (C=O) groups excluding carboxylic acids is 1. The second-order valence-corrected chi connectivity index (χ2v) is 7.23. The Balaban J connectivity index is 1.53. The minimum Gasteiger partial charge on any atom is -0.431 e. The summed E-state index contributed by atoms with van der Waals surface area (Å²) in [5, 5.41) is 19.8. The van der Waals surface area contributed by atoms with E-state index in [0.717, 1.165) is 5.52 Å². The van der Waals surface area contributed by atoms with E-state index < -0.39 is 0 Å². The molecule has 0 aliphatic rings. The average Bonchev–Trinajstić information content (AvgIpc) is 3.17. The van der Waals surface area contributed by atoms with Crippen LogP contribution in [0.5, 0.6) is 0 Å². The Morgan fingerprint density at radius 3 is 3.04 bits per heavy atom. The standard InChI is InChI=1S/C13H9N5O2S3/c14-5-6-21-13-18-17-11(23-13)16-10(19)7-22-12-15-8-3-1-2-4-9(8)20-12/h1-4H,6-7H2,(H,16,17,19). The second-order valence-electron chi connectivity index (χ2n) is 4.10. The van der Waals surface area contributed by atoms with Crippen LogP contribution in [0.1, 0.15) is 0 Å². The number of hydrogen-bond donors (Lipinski definition) is 1. The van der Waals surface area contributed by atoms with E-state index in [1.807, 2.05) is 30.3 Å². The Bertz CT molecular complexity index is 837. The normalized spacial score (nSPS) is 10.6. The molecule has 2 aromatic heterocycles. The molecular formula is C13H9N5O2S3. The van der Waals surface area contributed by atoms with Crippen molar-refractivity contribution in [2.75, 3.05) is 16.8 Å². The molecule has 116 valence electrons. The van der Waals surface area contributed by atoms with Crippen LogP contribution in [0.2, 0.25) is 0 Å². The first-order chi connectivity index (χ1) is 11.2. The first-order valence-corrected chi connectivity index (χ1v) is 9.15. The average molecular weight is 363 g/mol. The van der Waals surface area contributed by atoms with Crippen LogP contribution in [0.25, 0.3) is 11.1 Å². The van der Waals surface area contributed by atoms with Crippen molar-refractivity contribution in [2.45, 2.75) is 9.56 Å². The highest BCUT2D eigenvalue weighted by atomic mass is 32.2. The monoisotopic (exact) mass is 363 g/mol. The summed E-state index contributed by atoms with van der Waals surface area (Å²) in [5.74, 6) is 0.244. The topological polar surface area (TPSA) is 105 Å². The number of fused-ring (bicyclic) bond motifs is 1. The van der Waals surface area contributed by atoms with Crippen LogP contribution in [0.4, 0.5) is 5.13 Å². The molecule has 0 bridgehead atoms. The fourth-order valence-corrected chi connectivity index (χ4v) is 3.68.